The molecule has 0 spiro atoms. The number of hydrogen-bond acceptors (Lipinski definition) is 5. The lowest BCUT2D eigenvalue weighted by molar-refractivity contribution is -0.130. The highest BCUT2D eigenvalue weighted by Gasteiger charge is 2.38. The topological polar surface area (TPSA) is 97.0 Å². The second kappa shape index (κ2) is 11.4. The molecule has 1 aliphatic heterocycles. The summed E-state index contributed by atoms with van der Waals surface area (Å²) in [7, 11) is 0. The van der Waals surface area contributed by atoms with Crippen molar-refractivity contribution in [1.82, 2.24) is 10.2 Å². The van der Waals surface area contributed by atoms with Crippen LogP contribution in [0, 0.1) is 11.7 Å². The van der Waals surface area contributed by atoms with Crippen molar-refractivity contribution in [2.45, 2.75) is 58.7 Å². The Kier molecular flexibility index (Phi) is 8.62. The van der Waals surface area contributed by atoms with Crippen molar-refractivity contribution in [1.29, 1.82) is 0 Å². The standard InChI is InChI=1S/C27H35FN4O3/c1-5-35-12-11-23(20-9-7-6-8-10-20)30-25(34)21-13-19(14-22(28)15-21)17-32-24(33)16-27(4,18(2)3)31-26(32)29/h6-10,13-15,18,23H,5,11-12,16-17H2,1-4H3,(H2,29,31)(H,30,34)/t23-,27-/m0/s1. The summed E-state index contributed by atoms with van der Waals surface area (Å²) in [6.07, 6.45) is 0.794. The van der Waals surface area contributed by atoms with Crippen molar-refractivity contribution in [3.05, 3.63) is 71.0 Å². The maximum atomic E-state index is 14.5. The number of nitrogens with two attached hydrogens (primary N) is 1. The molecule has 1 heterocycles. The molecule has 0 aromatic heterocycles. The van der Waals surface area contributed by atoms with Crippen molar-refractivity contribution < 1.29 is 18.7 Å². The zero-order chi connectivity index (χ0) is 25.6. The van der Waals surface area contributed by atoms with Crippen LogP contribution in [0.3, 0.4) is 0 Å². The maximum absolute atomic E-state index is 14.5. The van der Waals surface area contributed by atoms with E-state index in [1.807, 2.05) is 58.0 Å². The Balaban J connectivity index is 1.79. The van der Waals surface area contributed by atoms with Gasteiger partial charge in [0, 0.05) is 18.8 Å². The largest absolute Gasteiger partial charge is 0.382 e. The predicted molar refractivity (Wildman–Crippen MR) is 134 cm³/mol. The van der Waals surface area contributed by atoms with Gasteiger partial charge in [0.05, 0.1) is 24.5 Å². The minimum Gasteiger partial charge on any atom is -0.382 e. The second-order valence-corrected chi connectivity index (χ2v) is 9.41. The van der Waals surface area contributed by atoms with Crippen LogP contribution in [0.15, 0.2) is 53.5 Å². The molecule has 35 heavy (non-hydrogen) atoms. The van der Waals surface area contributed by atoms with Crippen LogP contribution < -0.4 is 11.1 Å². The van der Waals surface area contributed by atoms with Crippen LogP contribution in [0.1, 0.15) is 68.1 Å². The third-order valence-electron chi connectivity index (χ3n) is 6.52. The Hall–Kier alpha value is -3.26. The summed E-state index contributed by atoms with van der Waals surface area (Å²) in [5, 5.41) is 2.99. The highest BCUT2D eigenvalue weighted by atomic mass is 19.1. The molecular weight excluding hydrogens is 447 g/mol. The first-order valence-electron chi connectivity index (χ1n) is 12.0. The van der Waals surface area contributed by atoms with Gasteiger partial charge in [-0.25, -0.2) is 9.38 Å². The molecule has 7 nitrogen and oxygen atoms in total. The van der Waals surface area contributed by atoms with Crippen molar-refractivity contribution in [2.24, 2.45) is 16.6 Å². The summed E-state index contributed by atoms with van der Waals surface area (Å²) in [6, 6.07) is 13.4. The number of rotatable bonds is 10. The van der Waals surface area contributed by atoms with E-state index in [2.05, 4.69) is 10.3 Å². The van der Waals surface area contributed by atoms with E-state index in [1.165, 1.54) is 17.0 Å². The van der Waals surface area contributed by atoms with Crippen molar-refractivity contribution in [3.8, 4) is 0 Å². The van der Waals surface area contributed by atoms with Crippen LogP contribution in [0.25, 0.3) is 0 Å². The van der Waals surface area contributed by atoms with Crippen LogP contribution in [0.2, 0.25) is 0 Å². The molecule has 0 aliphatic carbocycles. The first kappa shape index (κ1) is 26.3. The molecule has 3 rings (SSSR count). The summed E-state index contributed by atoms with van der Waals surface area (Å²) in [6.45, 7) is 8.91. The summed E-state index contributed by atoms with van der Waals surface area (Å²) in [4.78, 5) is 31.8. The molecule has 0 bridgehead atoms. The number of halogens is 1. The summed E-state index contributed by atoms with van der Waals surface area (Å²) < 4.78 is 20.0. The van der Waals surface area contributed by atoms with Crippen LogP contribution in [-0.2, 0) is 16.1 Å². The van der Waals surface area contributed by atoms with E-state index in [0.717, 1.165) is 5.56 Å². The maximum Gasteiger partial charge on any atom is 0.251 e. The third-order valence-corrected chi connectivity index (χ3v) is 6.52. The number of hydrogen-bond donors (Lipinski definition) is 2. The van der Waals surface area contributed by atoms with Gasteiger partial charge in [0.15, 0.2) is 5.96 Å². The van der Waals surface area contributed by atoms with E-state index in [-0.39, 0.29) is 42.4 Å². The fourth-order valence-corrected chi connectivity index (χ4v) is 4.04. The molecule has 8 heteroatoms. The van der Waals surface area contributed by atoms with Crippen LogP contribution in [-0.4, -0.2) is 41.4 Å². The first-order valence-corrected chi connectivity index (χ1v) is 12.0. The molecule has 2 aromatic carbocycles. The minimum absolute atomic E-state index is 0.0346. The molecule has 188 valence electrons. The lowest BCUT2D eigenvalue weighted by Gasteiger charge is -2.37. The lowest BCUT2D eigenvalue weighted by Crippen LogP contribution is -2.51. The molecule has 2 aromatic rings. The molecule has 0 saturated carbocycles. The molecule has 1 aliphatic rings. The van der Waals surface area contributed by atoms with E-state index in [4.69, 9.17) is 10.5 Å². The zero-order valence-electron chi connectivity index (χ0n) is 20.9. The quantitative estimate of drug-likeness (QED) is 0.497. The number of nitrogens with one attached hydrogen (secondary N) is 1. The highest BCUT2D eigenvalue weighted by molar-refractivity contribution is 5.99. The Morgan fingerprint density at radius 1 is 1.26 bits per heavy atom. The molecule has 3 N–H and O–H groups in total. The Morgan fingerprint density at radius 3 is 2.60 bits per heavy atom. The van der Waals surface area contributed by atoms with Gasteiger partial charge in [-0.15, -0.1) is 0 Å². The van der Waals surface area contributed by atoms with Crippen molar-refractivity contribution in [3.63, 3.8) is 0 Å². The number of amides is 2. The number of nitrogens with zero attached hydrogens (tertiary/aromatic N) is 2. The van der Waals surface area contributed by atoms with Gasteiger partial charge in [0.2, 0.25) is 5.91 Å². The van der Waals surface area contributed by atoms with Crippen molar-refractivity contribution >= 4 is 17.8 Å². The molecule has 2 atom stereocenters. The van der Waals surface area contributed by atoms with Crippen LogP contribution in [0.5, 0.6) is 0 Å². The Morgan fingerprint density at radius 2 is 1.97 bits per heavy atom. The monoisotopic (exact) mass is 482 g/mol. The van der Waals surface area contributed by atoms with Crippen LogP contribution >= 0.6 is 0 Å². The Bertz CT molecular complexity index is 1070. The van der Waals surface area contributed by atoms with E-state index < -0.39 is 17.3 Å². The number of ether oxygens (including phenoxy) is 1. The van der Waals surface area contributed by atoms with Crippen LogP contribution in [0.4, 0.5) is 4.39 Å². The van der Waals surface area contributed by atoms with Gasteiger partial charge in [0.1, 0.15) is 5.82 Å². The van der Waals surface area contributed by atoms with Gasteiger partial charge in [-0.3, -0.25) is 14.5 Å². The van der Waals surface area contributed by atoms with E-state index in [0.29, 0.717) is 25.2 Å². The molecule has 0 radical (unpaired) electrons. The number of carbonyl (C=O) groups is 2. The lowest BCUT2D eigenvalue weighted by atomic mass is 9.84. The fraction of sp³-hybridized carbons (Fsp3) is 0.444. The first-order chi connectivity index (χ1) is 16.6. The molecular formula is C27H35FN4O3. The second-order valence-electron chi connectivity index (χ2n) is 9.41. The normalized spacial score (nSPS) is 19.0. The van der Waals surface area contributed by atoms with Crippen molar-refractivity contribution in [2.75, 3.05) is 13.2 Å². The average Bonchev–Trinajstić information content (AvgIpc) is 2.81. The van der Waals surface area contributed by atoms with E-state index in [1.54, 1.807) is 6.07 Å². The molecule has 2 amide bonds. The summed E-state index contributed by atoms with van der Waals surface area (Å²) in [5.41, 5.74) is 7.12. The number of guanidine groups is 1. The van der Waals surface area contributed by atoms with E-state index >= 15 is 0 Å². The highest BCUT2D eigenvalue weighted by Crippen LogP contribution is 2.30. The van der Waals surface area contributed by atoms with Gasteiger partial charge < -0.3 is 15.8 Å². The minimum atomic E-state index is -0.571. The summed E-state index contributed by atoms with van der Waals surface area (Å²) >= 11 is 0. The number of benzene rings is 2. The number of carbonyl (C=O) groups excluding carboxylic acids is 2. The van der Waals surface area contributed by atoms with Gasteiger partial charge in [-0.2, -0.15) is 0 Å². The SMILES string of the molecule is CCOCC[C@H](NC(=O)c1cc(F)cc(CN2C(=O)C[C@@](C)(C(C)C)N=C2N)c1)c1ccccc1. The number of aliphatic imine (C=N–C) groups is 1. The van der Waals surface area contributed by atoms with Gasteiger partial charge in [-0.05, 0) is 55.5 Å². The predicted octanol–water partition coefficient (Wildman–Crippen LogP) is 4.19. The fourth-order valence-electron chi connectivity index (χ4n) is 4.04. The summed E-state index contributed by atoms with van der Waals surface area (Å²) in [5.74, 6) is -0.908. The van der Waals surface area contributed by atoms with E-state index in [9.17, 15) is 14.0 Å². The Labute approximate surface area is 206 Å². The third kappa shape index (κ3) is 6.66. The molecule has 0 saturated heterocycles. The van der Waals surface area contributed by atoms with Gasteiger partial charge >= 0.3 is 0 Å². The molecule has 0 fully saturated rings. The average molecular weight is 483 g/mol. The molecule has 0 unspecified atom stereocenters. The van der Waals surface area contributed by atoms with Gasteiger partial charge in [0.25, 0.3) is 5.91 Å². The zero-order valence-corrected chi connectivity index (χ0v) is 20.9. The van der Waals surface area contributed by atoms with Gasteiger partial charge in [-0.1, -0.05) is 44.2 Å². The smallest absolute Gasteiger partial charge is 0.251 e.